The van der Waals surface area contributed by atoms with Crippen LogP contribution in [-0.2, 0) is 11.2 Å². The summed E-state index contributed by atoms with van der Waals surface area (Å²) in [6, 6.07) is 8.23. The first-order chi connectivity index (χ1) is 11.1. The van der Waals surface area contributed by atoms with E-state index in [4.69, 9.17) is 4.98 Å². The number of nitrogens with one attached hydrogen (secondary N) is 1. The number of hydrogen-bond donors (Lipinski definition) is 1. The van der Waals surface area contributed by atoms with Crippen LogP contribution in [0.4, 0.5) is 5.00 Å². The Morgan fingerprint density at radius 3 is 2.91 bits per heavy atom. The molecule has 1 N–H and O–H groups in total. The first kappa shape index (κ1) is 14.8. The molecule has 0 aliphatic heterocycles. The highest BCUT2D eigenvalue weighted by Crippen LogP contribution is 2.49. The van der Waals surface area contributed by atoms with Crippen molar-refractivity contribution < 1.29 is 4.79 Å². The normalized spacial score (nSPS) is 17.2. The van der Waals surface area contributed by atoms with Gasteiger partial charge in [0.05, 0.1) is 10.2 Å². The lowest BCUT2D eigenvalue weighted by molar-refractivity contribution is -0.114. The Morgan fingerprint density at radius 1 is 1.30 bits per heavy atom. The number of para-hydroxylation sites is 1. The Labute approximate surface area is 143 Å². The smallest absolute Gasteiger partial charge is 0.221 e. The minimum atomic E-state index is -0.0152. The molecular weight excluding hydrogens is 324 g/mol. The van der Waals surface area contributed by atoms with Gasteiger partial charge in [0.1, 0.15) is 10.0 Å². The fourth-order valence-electron chi connectivity index (χ4n) is 3.35. The van der Waals surface area contributed by atoms with Crippen molar-refractivity contribution in [2.24, 2.45) is 0 Å². The zero-order valence-corrected chi connectivity index (χ0v) is 14.8. The van der Waals surface area contributed by atoms with Crippen molar-refractivity contribution in [2.75, 3.05) is 5.32 Å². The zero-order chi connectivity index (χ0) is 16.0. The minimum absolute atomic E-state index is 0.0152. The predicted molar refractivity (Wildman–Crippen MR) is 98.6 cm³/mol. The lowest BCUT2D eigenvalue weighted by Gasteiger charge is -2.19. The number of amides is 1. The largest absolute Gasteiger partial charge is 0.317 e. The average molecular weight is 342 g/mol. The number of carbonyl (C=O) groups is 1. The van der Waals surface area contributed by atoms with Gasteiger partial charge < -0.3 is 5.32 Å². The summed E-state index contributed by atoms with van der Waals surface area (Å²) >= 11 is 3.45. The van der Waals surface area contributed by atoms with E-state index in [2.05, 4.69) is 24.4 Å². The van der Waals surface area contributed by atoms with Crippen LogP contribution < -0.4 is 5.32 Å². The maximum absolute atomic E-state index is 11.6. The maximum Gasteiger partial charge on any atom is 0.221 e. The average Bonchev–Trinajstić information content (AvgIpc) is 3.07. The van der Waals surface area contributed by atoms with Gasteiger partial charge in [-0.1, -0.05) is 19.1 Å². The van der Waals surface area contributed by atoms with E-state index in [1.54, 1.807) is 29.6 Å². The van der Waals surface area contributed by atoms with Crippen LogP contribution in [0.25, 0.3) is 20.8 Å². The number of rotatable bonds is 2. The summed E-state index contributed by atoms with van der Waals surface area (Å²) in [5.41, 5.74) is 3.60. The summed E-state index contributed by atoms with van der Waals surface area (Å²) in [4.78, 5) is 17.9. The molecule has 0 spiro atoms. The molecule has 118 valence electrons. The van der Waals surface area contributed by atoms with E-state index in [0.717, 1.165) is 27.5 Å². The lowest BCUT2D eigenvalue weighted by atomic mass is 9.86. The summed E-state index contributed by atoms with van der Waals surface area (Å²) < 4.78 is 1.19. The highest BCUT2D eigenvalue weighted by atomic mass is 32.1. The molecule has 2 heterocycles. The van der Waals surface area contributed by atoms with E-state index >= 15 is 0 Å². The van der Waals surface area contributed by atoms with Crippen molar-refractivity contribution in [3.8, 4) is 10.6 Å². The van der Waals surface area contributed by atoms with Gasteiger partial charge in [0.25, 0.3) is 0 Å². The van der Waals surface area contributed by atoms with E-state index in [0.29, 0.717) is 5.92 Å². The number of hydrogen-bond acceptors (Lipinski definition) is 4. The summed E-state index contributed by atoms with van der Waals surface area (Å²) in [7, 11) is 0. The number of thiazole rings is 1. The third-order valence-electron chi connectivity index (χ3n) is 4.35. The van der Waals surface area contributed by atoms with Crippen LogP contribution >= 0.6 is 22.7 Å². The number of aromatic nitrogens is 1. The van der Waals surface area contributed by atoms with Gasteiger partial charge in [-0.2, -0.15) is 0 Å². The fourth-order valence-corrected chi connectivity index (χ4v) is 5.86. The number of fused-ring (bicyclic) bond motifs is 2. The van der Waals surface area contributed by atoms with Crippen LogP contribution in [0.15, 0.2) is 24.3 Å². The second-order valence-corrected chi connectivity index (χ2v) is 8.24. The van der Waals surface area contributed by atoms with E-state index in [1.807, 2.05) is 12.1 Å². The Kier molecular flexibility index (Phi) is 3.70. The quantitative estimate of drug-likeness (QED) is 0.675. The molecule has 1 aromatic carbocycles. The number of nitrogens with zero attached hydrogens (tertiary/aromatic N) is 1. The fraction of sp³-hybridized carbons (Fsp3) is 0.333. The van der Waals surface area contributed by atoms with E-state index in [9.17, 15) is 4.79 Å². The Hall–Kier alpha value is -1.72. The number of carbonyl (C=O) groups excluding carboxylic acids is 1. The molecule has 1 unspecified atom stereocenters. The third kappa shape index (κ3) is 2.58. The summed E-state index contributed by atoms with van der Waals surface area (Å²) in [5, 5.41) is 5.04. The molecule has 0 bridgehead atoms. The number of benzene rings is 1. The number of anilines is 1. The van der Waals surface area contributed by atoms with Crippen molar-refractivity contribution in [1.82, 2.24) is 4.98 Å². The van der Waals surface area contributed by atoms with Crippen LogP contribution in [-0.4, -0.2) is 10.9 Å². The van der Waals surface area contributed by atoms with Gasteiger partial charge in [0, 0.05) is 17.4 Å². The summed E-state index contributed by atoms with van der Waals surface area (Å²) in [6.07, 6.45) is 3.55. The van der Waals surface area contributed by atoms with Gasteiger partial charge in [-0.3, -0.25) is 4.79 Å². The molecule has 0 saturated heterocycles. The molecule has 1 atom stereocenters. The van der Waals surface area contributed by atoms with Crippen molar-refractivity contribution in [3.05, 3.63) is 34.7 Å². The van der Waals surface area contributed by atoms with Crippen molar-refractivity contribution in [1.29, 1.82) is 0 Å². The van der Waals surface area contributed by atoms with Gasteiger partial charge >= 0.3 is 0 Å². The SMILES string of the molecule is CC(=O)Nc1sc2c(c1-c1nc3ccccc3s1)C(C)CCC2. The minimum Gasteiger partial charge on any atom is -0.317 e. The van der Waals surface area contributed by atoms with Crippen LogP contribution in [0.3, 0.4) is 0 Å². The second-order valence-electron chi connectivity index (χ2n) is 6.10. The van der Waals surface area contributed by atoms with Crippen molar-refractivity contribution in [2.45, 2.75) is 39.0 Å². The van der Waals surface area contributed by atoms with Crippen LogP contribution in [0.1, 0.15) is 43.0 Å². The van der Waals surface area contributed by atoms with Gasteiger partial charge in [0.2, 0.25) is 5.91 Å². The maximum atomic E-state index is 11.6. The molecule has 3 nitrogen and oxygen atoms in total. The third-order valence-corrected chi connectivity index (χ3v) is 6.59. The van der Waals surface area contributed by atoms with Gasteiger partial charge in [-0.15, -0.1) is 22.7 Å². The monoisotopic (exact) mass is 342 g/mol. The van der Waals surface area contributed by atoms with Gasteiger partial charge in [-0.05, 0) is 42.9 Å². The van der Waals surface area contributed by atoms with Crippen LogP contribution in [0, 0.1) is 0 Å². The first-order valence-corrected chi connectivity index (χ1v) is 9.56. The molecule has 1 aliphatic carbocycles. The van der Waals surface area contributed by atoms with Crippen molar-refractivity contribution in [3.63, 3.8) is 0 Å². The standard InChI is InChI=1S/C18H18N2OS2/c1-10-6-5-9-14-15(10)16(17(23-14)19-11(2)21)18-20-12-7-3-4-8-13(12)22-18/h3-4,7-8,10H,5-6,9H2,1-2H3,(H,19,21). The Bertz CT molecular complexity index is 861. The number of aryl methyl sites for hydroxylation is 1. The predicted octanol–water partition coefficient (Wildman–Crippen LogP) is 5.42. The summed E-state index contributed by atoms with van der Waals surface area (Å²) in [5.74, 6) is 0.512. The first-order valence-electron chi connectivity index (χ1n) is 7.92. The van der Waals surface area contributed by atoms with Crippen LogP contribution in [0.2, 0.25) is 0 Å². The second kappa shape index (κ2) is 5.73. The van der Waals surface area contributed by atoms with E-state index < -0.39 is 0 Å². The Balaban J connectivity index is 1.94. The molecule has 0 radical (unpaired) electrons. The number of thiophene rings is 1. The topological polar surface area (TPSA) is 42.0 Å². The van der Waals surface area contributed by atoms with Gasteiger partial charge in [-0.25, -0.2) is 4.98 Å². The molecular formula is C18H18N2OS2. The molecule has 0 fully saturated rings. The van der Waals surface area contributed by atoms with Crippen LogP contribution in [0.5, 0.6) is 0 Å². The van der Waals surface area contributed by atoms with E-state index in [-0.39, 0.29) is 5.91 Å². The molecule has 23 heavy (non-hydrogen) atoms. The molecule has 4 rings (SSSR count). The highest BCUT2D eigenvalue weighted by Gasteiger charge is 2.28. The van der Waals surface area contributed by atoms with E-state index in [1.165, 1.54) is 28.0 Å². The van der Waals surface area contributed by atoms with Gasteiger partial charge in [0.15, 0.2) is 0 Å². The lowest BCUT2D eigenvalue weighted by Crippen LogP contribution is -2.07. The molecule has 1 aliphatic rings. The zero-order valence-electron chi connectivity index (χ0n) is 13.2. The Morgan fingerprint density at radius 2 is 2.13 bits per heavy atom. The molecule has 0 saturated carbocycles. The van der Waals surface area contributed by atoms with Crippen molar-refractivity contribution >= 4 is 43.8 Å². The molecule has 5 heteroatoms. The highest BCUT2D eigenvalue weighted by molar-refractivity contribution is 7.22. The molecule has 1 amide bonds. The molecule has 3 aromatic rings. The molecule has 2 aromatic heterocycles. The summed E-state index contributed by atoms with van der Waals surface area (Å²) in [6.45, 7) is 3.86.